The predicted octanol–water partition coefficient (Wildman–Crippen LogP) is 2.71. The van der Waals surface area contributed by atoms with Gasteiger partial charge in [-0.05, 0) is 37.1 Å². The van der Waals surface area contributed by atoms with Gasteiger partial charge in [0.05, 0.1) is 6.54 Å². The van der Waals surface area contributed by atoms with Crippen molar-refractivity contribution in [3.8, 4) is 11.5 Å². The average molecular weight is 382 g/mol. The van der Waals surface area contributed by atoms with E-state index in [0.717, 1.165) is 5.56 Å². The fourth-order valence-corrected chi connectivity index (χ4v) is 3.03. The van der Waals surface area contributed by atoms with Gasteiger partial charge in [0.15, 0.2) is 11.5 Å². The first-order chi connectivity index (χ1) is 13.4. The molecule has 0 fully saturated rings. The number of amides is 2. The Morgan fingerprint density at radius 1 is 1.11 bits per heavy atom. The SMILES string of the molecule is Cc1cccc(C(=O)N[C@@H](C(=O)NC[C@@H]2COc3ccccc3O2)C(C)C)c1. The smallest absolute Gasteiger partial charge is 0.251 e. The Morgan fingerprint density at radius 3 is 2.57 bits per heavy atom. The zero-order valence-corrected chi connectivity index (χ0v) is 16.4. The van der Waals surface area contributed by atoms with E-state index >= 15 is 0 Å². The Labute approximate surface area is 165 Å². The summed E-state index contributed by atoms with van der Waals surface area (Å²) in [6, 6.07) is 14.1. The maximum absolute atomic E-state index is 12.7. The standard InChI is InChI=1S/C22H26N2O4/c1-14(2)20(24-21(25)16-8-6-7-15(3)11-16)22(26)23-12-17-13-27-18-9-4-5-10-19(18)28-17/h4-11,14,17,20H,12-13H2,1-3H3,(H,23,26)(H,24,25)/t17-,20-/m1/s1. The van der Waals surface area contributed by atoms with Crippen molar-refractivity contribution in [2.24, 2.45) is 5.92 Å². The Balaban J connectivity index is 1.57. The first-order valence-electron chi connectivity index (χ1n) is 9.48. The van der Waals surface area contributed by atoms with Crippen LogP contribution in [0.15, 0.2) is 48.5 Å². The van der Waals surface area contributed by atoms with Gasteiger partial charge in [0.2, 0.25) is 5.91 Å². The Kier molecular flexibility index (Phi) is 6.19. The molecule has 2 amide bonds. The molecule has 28 heavy (non-hydrogen) atoms. The normalized spacial score (nSPS) is 16.4. The van der Waals surface area contributed by atoms with Crippen molar-refractivity contribution in [1.29, 1.82) is 0 Å². The number of hydrogen-bond acceptors (Lipinski definition) is 4. The van der Waals surface area contributed by atoms with Gasteiger partial charge in [0, 0.05) is 5.56 Å². The Hall–Kier alpha value is -3.02. The lowest BCUT2D eigenvalue weighted by Crippen LogP contribution is -2.52. The molecule has 0 spiro atoms. The van der Waals surface area contributed by atoms with E-state index in [4.69, 9.17) is 9.47 Å². The molecular weight excluding hydrogens is 356 g/mol. The molecule has 1 aliphatic heterocycles. The molecule has 0 unspecified atom stereocenters. The van der Waals surface area contributed by atoms with Crippen LogP contribution >= 0.6 is 0 Å². The molecular formula is C22H26N2O4. The van der Waals surface area contributed by atoms with E-state index in [9.17, 15) is 9.59 Å². The van der Waals surface area contributed by atoms with E-state index in [-0.39, 0.29) is 23.8 Å². The van der Waals surface area contributed by atoms with Crippen LogP contribution in [0, 0.1) is 12.8 Å². The number of ether oxygens (including phenoxy) is 2. The molecule has 2 atom stereocenters. The summed E-state index contributed by atoms with van der Waals surface area (Å²) in [6.07, 6.45) is -0.279. The number of rotatable bonds is 6. The van der Waals surface area contributed by atoms with Crippen LogP contribution in [-0.2, 0) is 4.79 Å². The van der Waals surface area contributed by atoms with E-state index in [1.807, 2.05) is 57.2 Å². The van der Waals surface area contributed by atoms with Crippen molar-refractivity contribution in [2.45, 2.75) is 32.9 Å². The van der Waals surface area contributed by atoms with E-state index < -0.39 is 6.04 Å². The molecule has 2 N–H and O–H groups in total. The summed E-state index contributed by atoms with van der Waals surface area (Å²) >= 11 is 0. The molecule has 0 saturated heterocycles. The number of nitrogens with one attached hydrogen (secondary N) is 2. The van der Waals surface area contributed by atoms with Gasteiger partial charge in [0.25, 0.3) is 5.91 Å². The molecule has 0 radical (unpaired) electrons. The highest BCUT2D eigenvalue weighted by Crippen LogP contribution is 2.30. The molecule has 0 aliphatic carbocycles. The largest absolute Gasteiger partial charge is 0.486 e. The summed E-state index contributed by atoms with van der Waals surface area (Å²) in [5, 5.41) is 5.71. The van der Waals surface area contributed by atoms with Gasteiger partial charge in [0.1, 0.15) is 18.8 Å². The number of para-hydroxylation sites is 2. The number of carbonyl (C=O) groups excluding carboxylic acids is 2. The Bertz CT molecular complexity index is 850. The van der Waals surface area contributed by atoms with Crippen molar-refractivity contribution in [1.82, 2.24) is 10.6 Å². The fourth-order valence-electron chi connectivity index (χ4n) is 3.03. The third-order valence-electron chi connectivity index (χ3n) is 4.59. The van der Waals surface area contributed by atoms with Gasteiger partial charge in [-0.3, -0.25) is 9.59 Å². The van der Waals surface area contributed by atoms with Crippen LogP contribution in [0.1, 0.15) is 29.8 Å². The second-order valence-corrected chi connectivity index (χ2v) is 7.31. The first-order valence-corrected chi connectivity index (χ1v) is 9.48. The summed E-state index contributed by atoms with van der Waals surface area (Å²) in [6.45, 7) is 6.39. The lowest BCUT2D eigenvalue weighted by molar-refractivity contribution is -0.124. The van der Waals surface area contributed by atoms with Crippen LogP contribution in [0.3, 0.4) is 0 Å². The molecule has 148 valence electrons. The fraction of sp³-hybridized carbons (Fsp3) is 0.364. The average Bonchev–Trinajstić information content (AvgIpc) is 2.69. The van der Waals surface area contributed by atoms with Gasteiger partial charge in [-0.25, -0.2) is 0 Å². The number of carbonyl (C=O) groups is 2. The topological polar surface area (TPSA) is 76.7 Å². The summed E-state index contributed by atoms with van der Waals surface area (Å²) in [5.41, 5.74) is 1.53. The third kappa shape index (κ3) is 4.82. The minimum atomic E-state index is -0.634. The van der Waals surface area contributed by atoms with Gasteiger partial charge in [-0.15, -0.1) is 0 Å². The summed E-state index contributed by atoms with van der Waals surface area (Å²) < 4.78 is 11.5. The number of hydrogen-bond donors (Lipinski definition) is 2. The molecule has 6 nitrogen and oxygen atoms in total. The molecule has 0 saturated carbocycles. The monoisotopic (exact) mass is 382 g/mol. The molecule has 0 bridgehead atoms. The predicted molar refractivity (Wildman–Crippen MR) is 107 cm³/mol. The third-order valence-corrected chi connectivity index (χ3v) is 4.59. The maximum atomic E-state index is 12.7. The summed E-state index contributed by atoms with van der Waals surface area (Å²) in [7, 11) is 0. The number of fused-ring (bicyclic) bond motifs is 1. The molecule has 1 heterocycles. The molecule has 3 rings (SSSR count). The quantitative estimate of drug-likeness (QED) is 0.805. The van der Waals surface area contributed by atoms with Crippen LogP contribution in [0.25, 0.3) is 0 Å². The van der Waals surface area contributed by atoms with E-state index in [0.29, 0.717) is 30.2 Å². The molecule has 6 heteroatoms. The molecule has 0 aromatic heterocycles. The van der Waals surface area contributed by atoms with Gasteiger partial charge < -0.3 is 20.1 Å². The van der Waals surface area contributed by atoms with Gasteiger partial charge >= 0.3 is 0 Å². The zero-order valence-electron chi connectivity index (χ0n) is 16.4. The van der Waals surface area contributed by atoms with Gasteiger partial charge in [-0.2, -0.15) is 0 Å². The van der Waals surface area contributed by atoms with Crippen molar-refractivity contribution >= 4 is 11.8 Å². The first kappa shape index (κ1) is 19.7. The Morgan fingerprint density at radius 2 is 1.86 bits per heavy atom. The minimum absolute atomic E-state index is 0.0574. The van der Waals surface area contributed by atoms with Crippen LogP contribution in [0.5, 0.6) is 11.5 Å². The maximum Gasteiger partial charge on any atom is 0.251 e. The molecule has 2 aromatic carbocycles. The van der Waals surface area contributed by atoms with Crippen molar-refractivity contribution < 1.29 is 19.1 Å². The molecule has 1 aliphatic rings. The van der Waals surface area contributed by atoms with Crippen molar-refractivity contribution in [2.75, 3.05) is 13.2 Å². The highest BCUT2D eigenvalue weighted by molar-refractivity contribution is 5.97. The van der Waals surface area contributed by atoms with E-state index in [1.54, 1.807) is 12.1 Å². The molecule has 2 aromatic rings. The summed E-state index contributed by atoms with van der Waals surface area (Å²) in [4.78, 5) is 25.2. The van der Waals surface area contributed by atoms with Crippen molar-refractivity contribution in [3.63, 3.8) is 0 Å². The van der Waals surface area contributed by atoms with Crippen LogP contribution < -0.4 is 20.1 Å². The highest BCUT2D eigenvalue weighted by Gasteiger charge is 2.27. The van der Waals surface area contributed by atoms with Crippen LogP contribution in [-0.4, -0.2) is 37.1 Å². The van der Waals surface area contributed by atoms with Crippen molar-refractivity contribution in [3.05, 3.63) is 59.7 Å². The van der Waals surface area contributed by atoms with Gasteiger partial charge in [-0.1, -0.05) is 43.7 Å². The lowest BCUT2D eigenvalue weighted by atomic mass is 10.0. The van der Waals surface area contributed by atoms with E-state index in [2.05, 4.69) is 10.6 Å². The highest BCUT2D eigenvalue weighted by atomic mass is 16.6. The second-order valence-electron chi connectivity index (χ2n) is 7.31. The number of benzene rings is 2. The lowest BCUT2D eigenvalue weighted by Gasteiger charge is -2.28. The summed E-state index contributed by atoms with van der Waals surface area (Å²) in [5.74, 6) is 0.817. The number of aryl methyl sites for hydroxylation is 1. The van der Waals surface area contributed by atoms with Crippen LogP contribution in [0.4, 0.5) is 0 Å². The minimum Gasteiger partial charge on any atom is -0.486 e. The van der Waals surface area contributed by atoms with E-state index in [1.165, 1.54) is 0 Å². The van der Waals surface area contributed by atoms with Crippen LogP contribution in [0.2, 0.25) is 0 Å². The zero-order chi connectivity index (χ0) is 20.1. The second kappa shape index (κ2) is 8.78.